The molecule has 1 aliphatic rings. The number of imidazole rings is 1. The van der Waals surface area contributed by atoms with E-state index in [1.807, 2.05) is 44.2 Å². The topological polar surface area (TPSA) is 69.0 Å². The molecule has 164 valence electrons. The van der Waals surface area contributed by atoms with E-state index < -0.39 is 6.09 Å². The molecule has 0 radical (unpaired) electrons. The molecule has 1 aliphatic heterocycles. The Hall–Kier alpha value is -2.90. The second-order valence-electron chi connectivity index (χ2n) is 7.92. The zero-order valence-corrected chi connectivity index (χ0v) is 19.5. The molecule has 0 aliphatic carbocycles. The number of halogens is 1. The van der Waals surface area contributed by atoms with Crippen molar-refractivity contribution in [3.05, 3.63) is 64.1 Å². The number of carbonyl (C=O) groups is 1. The van der Waals surface area contributed by atoms with Crippen LogP contribution in [0.5, 0.6) is 0 Å². The van der Waals surface area contributed by atoms with Crippen LogP contribution >= 0.6 is 22.9 Å². The molecule has 1 N–H and O–H groups in total. The summed E-state index contributed by atoms with van der Waals surface area (Å²) in [5.74, 6) is 1.14. The summed E-state index contributed by atoms with van der Waals surface area (Å²) in [5.41, 5.74) is 5.92. The Morgan fingerprint density at radius 3 is 2.94 bits per heavy atom. The van der Waals surface area contributed by atoms with Crippen LogP contribution in [0, 0.1) is 6.92 Å². The Morgan fingerprint density at radius 1 is 1.25 bits per heavy atom. The van der Waals surface area contributed by atoms with Crippen molar-refractivity contribution in [3.63, 3.8) is 0 Å². The molecule has 1 amide bonds. The summed E-state index contributed by atoms with van der Waals surface area (Å²) < 4.78 is 7.76. The summed E-state index contributed by atoms with van der Waals surface area (Å²) in [6, 6.07) is 11.8. The zero-order valence-electron chi connectivity index (χ0n) is 17.9. The fraction of sp³-hybridized carbons (Fsp3) is 0.292. The predicted molar refractivity (Wildman–Crippen MR) is 129 cm³/mol. The number of hydrogen-bond acceptors (Lipinski definition) is 5. The minimum atomic E-state index is -0.491. The molecule has 0 spiro atoms. The van der Waals surface area contributed by atoms with Crippen LogP contribution in [-0.2, 0) is 30.7 Å². The van der Waals surface area contributed by atoms with Crippen molar-refractivity contribution in [2.45, 2.75) is 46.3 Å². The third-order valence-corrected chi connectivity index (χ3v) is 6.99. The van der Waals surface area contributed by atoms with Gasteiger partial charge < -0.3 is 9.30 Å². The molecule has 4 aromatic rings. The van der Waals surface area contributed by atoms with E-state index in [0.29, 0.717) is 16.4 Å². The molecule has 32 heavy (non-hydrogen) atoms. The maximum Gasteiger partial charge on any atom is 0.412 e. The fourth-order valence-corrected chi connectivity index (χ4v) is 5.46. The SMILES string of the molecule is CCc1nc(-c2ccc(Cl)cc2C)sc1NC(=O)OCc1ccc2c(c1)nc1n2CCC1. The highest BCUT2D eigenvalue weighted by Gasteiger charge is 2.18. The molecule has 5 rings (SSSR count). The Kier molecular flexibility index (Phi) is 5.61. The predicted octanol–water partition coefficient (Wildman–Crippen LogP) is 6.38. The van der Waals surface area contributed by atoms with E-state index in [2.05, 4.69) is 16.0 Å². The highest BCUT2D eigenvalue weighted by molar-refractivity contribution is 7.19. The number of nitrogens with one attached hydrogen (secondary N) is 1. The van der Waals surface area contributed by atoms with E-state index in [9.17, 15) is 4.79 Å². The number of benzene rings is 2. The van der Waals surface area contributed by atoms with Gasteiger partial charge in [0, 0.05) is 23.6 Å². The highest BCUT2D eigenvalue weighted by Crippen LogP contribution is 2.35. The number of thiazole rings is 1. The molecular weight excluding hydrogens is 444 g/mol. The van der Waals surface area contributed by atoms with Crippen molar-refractivity contribution in [2.24, 2.45) is 0 Å². The van der Waals surface area contributed by atoms with Crippen molar-refractivity contribution < 1.29 is 9.53 Å². The third kappa shape index (κ3) is 3.98. The monoisotopic (exact) mass is 466 g/mol. The van der Waals surface area contributed by atoms with Crippen LogP contribution in [0.1, 0.15) is 36.0 Å². The number of aryl methyl sites for hydroxylation is 4. The number of hydrogen-bond donors (Lipinski definition) is 1. The zero-order chi connectivity index (χ0) is 22.2. The van der Waals surface area contributed by atoms with Crippen LogP contribution in [0.2, 0.25) is 5.02 Å². The molecule has 2 aromatic carbocycles. The van der Waals surface area contributed by atoms with Gasteiger partial charge in [0.2, 0.25) is 0 Å². The van der Waals surface area contributed by atoms with Crippen molar-refractivity contribution in [2.75, 3.05) is 5.32 Å². The molecule has 0 fully saturated rings. The third-order valence-electron chi connectivity index (χ3n) is 5.71. The van der Waals surface area contributed by atoms with Gasteiger partial charge in [-0.05, 0) is 55.2 Å². The fourth-order valence-electron chi connectivity index (χ4n) is 4.10. The van der Waals surface area contributed by atoms with Gasteiger partial charge in [-0.3, -0.25) is 5.32 Å². The number of rotatable bonds is 5. The van der Waals surface area contributed by atoms with E-state index in [1.54, 1.807) is 0 Å². The van der Waals surface area contributed by atoms with Gasteiger partial charge in [-0.2, -0.15) is 0 Å². The van der Waals surface area contributed by atoms with Crippen LogP contribution < -0.4 is 5.32 Å². The standard InChI is InChI=1S/C24H23ClN4O2S/c1-3-18-23(32-22(27-18)17-8-7-16(25)11-14(17)2)28-24(30)31-13-15-6-9-20-19(12-15)26-21-5-4-10-29(20)21/h6-9,11-12H,3-5,10,13H2,1-2H3,(H,28,30). The number of anilines is 1. The quantitative estimate of drug-likeness (QED) is 0.370. The van der Waals surface area contributed by atoms with Gasteiger partial charge in [-0.1, -0.05) is 42.0 Å². The molecule has 8 heteroatoms. The Balaban J connectivity index is 1.28. The van der Waals surface area contributed by atoms with Gasteiger partial charge >= 0.3 is 6.09 Å². The summed E-state index contributed by atoms with van der Waals surface area (Å²) in [4.78, 5) is 21.9. The average molecular weight is 467 g/mol. The summed E-state index contributed by atoms with van der Waals surface area (Å²) in [6.45, 7) is 5.23. The smallest absolute Gasteiger partial charge is 0.412 e. The summed E-state index contributed by atoms with van der Waals surface area (Å²) >= 11 is 7.52. The lowest BCUT2D eigenvalue weighted by atomic mass is 10.1. The van der Waals surface area contributed by atoms with Gasteiger partial charge in [0.25, 0.3) is 0 Å². The normalized spacial score (nSPS) is 12.8. The molecule has 0 bridgehead atoms. The lowest BCUT2D eigenvalue weighted by Crippen LogP contribution is -2.13. The lowest BCUT2D eigenvalue weighted by molar-refractivity contribution is 0.155. The number of aromatic nitrogens is 3. The van der Waals surface area contributed by atoms with Crippen molar-refractivity contribution in [1.29, 1.82) is 0 Å². The van der Waals surface area contributed by atoms with Crippen molar-refractivity contribution >= 4 is 45.1 Å². The molecule has 6 nitrogen and oxygen atoms in total. The first-order chi connectivity index (χ1) is 15.5. The van der Waals surface area contributed by atoms with E-state index in [0.717, 1.165) is 63.6 Å². The molecule has 0 atom stereocenters. The van der Waals surface area contributed by atoms with Crippen molar-refractivity contribution in [1.82, 2.24) is 14.5 Å². The Labute approximate surface area is 195 Å². The maximum absolute atomic E-state index is 12.5. The lowest BCUT2D eigenvalue weighted by Gasteiger charge is -2.07. The second kappa shape index (κ2) is 8.56. The summed E-state index contributed by atoms with van der Waals surface area (Å²) in [6.07, 6.45) is 2.39. The Morgan fingerprint density at radius 2 is 2.12 bits per heavy atom. The number of carbonyl (C=O) groups excluding carboxylic acids is 1. The van der Waals surface area contributed by atoms with Gasteiger partial charge in [-0.15, -0.1) is 0 Å². The first kappa shape index (κ1) is 21.0. The van der Waals surface area contributed by atoms with Crippen LogP contribution in [0.25, 0.3) is 21.6 Å². The van der Waals surface area contributed by atoms with E-state index in [-0.39, 0.29) is 6.61 Å². The number of nitrogens with zero attached hydrogens (tertiary/aromatic N) is 3. The second-order valence-corrected chi connectivity index (χ2v) is 9.35. The number of ether oxygens (including phenoxy) is 1. The van der Waals surface area contributed by atoms with E-state index in [1.165, 1.54) is 11.3 Å². The maximum atomic E-state index is 12.5. The van der Waals surface area contributed by atoms with Crippen molar-refractivity contribution in [3.8, 4) is 10.6 Å². The molecule has 0 saturated carbocycles. The van der Waals surface area contributed by atoms with Gasteiger partial charge in [0.1, 0.15) is 22.4 Å². The van der Waals surface area contributed by atoms with Crippen LogP contribution in [-0.4, -0.2) is 20.6 Å². The van der Waals surface area contributed by atoms with Crippen LogP contribution in [0.4, 0.5) is 9.80 Å². The largest absolute Gasteiger partial charge is 0.444 e. The van der Waals surface area contributed by atoms with E-state index in [4.69, 9.17) is 26.3 Å². The molecule has 3 heterocycles. The minimum absolute atomic E-state index is 0.188. The number of amides is 1. The number of fused-ring (bicyclic) bond motifs is 3. The first-order valence-corrected chi connectivity index (χ1v) is 11.9. The first-order valence-electron chi connectivity index (χ1n) is 10.7. The van der Waals surface area contributed by atoms with Crippen LogP contribution in [0.15, 0.2) is 36.4 Å². The molecule has 0 saturated heterocycles. The van der Waals surface area contributed by atoms with Gasteiger partial charge in [0.15, 0.2) is 0 Å². The molecule has 0 unspecified atom stereocenters. The molecular formula is C24H23ClN4O2S. The summed E-state index contributed by atoms with van der Waals surface area (Å²) in [5, 5.41) is 5.13. The van der Waals surface area contributed by atoms with Gasteiger partial charge in [0.05, 0.1) is 16.7 Å². The van der Waals surface area contributed by atoms with Gasteiger partial charge in [-0.25, -0.2) is 14.8 Å². The van der Waals surface area contributed by atoms with Crippen LogP contribution in [0.3, 0.4) is 0 Å². The minimum Gasteiger partial charge on any atom is -0.444 e. The Bertz CT molecular complexity index is 1330. The average Bonchev–Trinajstić information content (AvgIpc) is 3.46. The van der Waals surface area contributed by atoms with E-state index >= 15 is 0 Å². The summed E-state index contributed by atoms with van der Waals surface area (Å²) in [7, 11) is 0. The molecule has 2 aromatic heterocycles. The highest BCUT2D eigenvalue weighted by atomic mass is 35.5.